The number of halogens is 1. The van der Waals surface area contributed by atoms with Gasteiger partial charge in [-0.25, -0.2) is 0 Å². The Hall–Kier alpha value is -1.41. The van der Waals surface area contributed by atoms with Crippen LogP contribution in [0.4, 0.5) is 0 Å². The summed E-state index contributed by atoms with van der Waals surface area (Å²) in [6, 6.07) is 18.3. The SMILES string of the molecule is N#Cc1ccc(-c2ccc(-c3ccc(Br)s3)s2)cc1. The number of thiophene rings is 2. The molecule has 0 spiro atoms. The van der Waals surface area contributed by atoms with E-state index in [2.05, 4.69) is 46.3 Å². The van der Waals surface area contributed by atoms with Crippen LogP contribution in [-0.2, 0) is 0 Å². The largest absolute Gasteiger partial charge is 0.192 e. The van der Waals surface area contributed by atoms with Gasteiger partial charge in [0.2, 0.25) is 0 Å². The Labute approximate surface area is 127 Å². The maximum absolute atomic E-state index is 8.80. The van der Waals surface area contributed by atoms with Crippen molar-refractivity contribution < 1.29 is 0 Å². The lowest BCUT2D eigenvalue weighted by Gasteiger charge is -1.96. The summed E-state index contributed by atoms with van der Waals surface area (Å²) in [5.41, 5.74) is 1.86. The van der Waals surface area contributed by atoms with Gasteiger partial charge in [-0.2, -0.15) is 5.26 Å². The summed E-state index contributed by atoms with van der Waals surface area (Å²) < 4.78 is 1.15. The fourth-order valence-electron chi connectivity index (χ4n) is 1.78. The van der Waals surface area contributed by atoms with E-state index in [0.717, 1.165) is 9.35 Å². The van der Waals surface area contributed by atoms with E-state index in [1.54, 1.807) is 22.7 Å². The zero-order chi connectivity index (χ0) is 13.2. The Morgan fingerprint density at radius 3 is 2.05 bits per heavy atom. The third kappa shape index (κ3) is 2.64. The lowest BCUT2D eigenvalue weighted by molar-refractivity contribution is 1.49. The van der Waals surface area contributed by atoms with Crippen LogP contribution < -0.4 is 0 Å². The molecule has 0 saturated carbocycles. The third-order valence-electron chi connectivity index (χ3n) is 2.72. The Morgan fingerprint density at radius 1 is 0.789 bits per heavy atom. The Bertz CT molecular complexity index is 747. The van der Waals surface area contributed by atoms with Gasteiger partial charge in [-0.05, 0) is 57.9 Å². The topological polar surface area (TPSA) is 23.8 Å². The van der Waals surface area contributed by atoms with Crippen molar-refractivity contribution in [2.75, 3.05) is 0 Å². The summed E-state index contributed by atoms with van der Waals surface area (Å²) in [4.78, 5) is 3.77. The molecular weight excluding hydrogens is 338 g/mol. The molecule has 1 aromatic carbocycles. The van der Waals surface area contributed by atoms with Crippen molar-refractivity contribution in [3.05, 3.63) is 57.9 Å². The van der Waals surface area contributed by atoms with Crippen LogP contribution in [0, 0.1) is 11.3 Å². The van der Waals surface area contributed by atoms with Crippen LogP contribution >= 0.6 is 38.6 Å². The highest BCUT2D eigenvalue weighted by molar-refractivity contribution is 9.11. The lowest BCUT2D eigenvalue weighted by atomic mass is 10.1. The Kier molecular flexibility index (Phi) is 3.52. The van der Waals surface area contributed by atoms with Crippen LogP contribution in [0.25, 0.3) is 20.2 Å². The first-order valence-corrected chi connectivity index (χ1v) is 8.05. The highest BCUT2D eigenvalue weighted by atomic mass is 79.9. The van der Waals surface area contributed by atoms with E-state index in [0.29, 0.717) is 5.56 Å². The molecule has 0 amide bonds. The summed E-state index contributed by atoms with van der Waals surface area (Å²) in [5.74, 6) is 0. The molecule has 3 rings (SSSR count). The monoisotopic (exact) mass is 345 g/mol. The van der Waals surface area contributed by atoms with Crippen molar-refractivity contribution in [3.63, 3.8) is 0 Å². The van der Waals surface area contributed by atoms with Gasteiger partial charge in [-0.1, -0.05) is 12.1 Å². The molecule has 0 radical (unpaired) electrons. The van der Waals surface area contributed by atoms with Crippen LogP contribution in [-0.4, -0.2) is 0 Å². The second-order valence-electron chi connectivity index (χ2n) is 3.96. The van der Waals surface area contributed by atoms with E-state index in [1.165, 1.54) is 14.6 Å². The fraction of sp³-hybridized carbons (Fsp3) is 0. The third-order valence-corrected chi connectivity index (χ3v) is 5.67. The molecule has 2 aromatic heterocycles. The van der Waals surface area contributed by atoms with Crippen molar-refractivity contribution in [1.82, 2.24) is 0 Å². The normalized spacial score (nSPS) is 10.3. The highest BCUT2D eigenvalue weighted by Crippen LogP contribution is 2.38. The average Bonchev–Trinajstić information content (AvgIpc) is 3.07. The Balaban J connectivity index is 1.94. The molecule has 2 heterocycles. The zero-order valence-corrected chi connectivity index (χ0v) is 13.0. The summed E-state index contributed by atoms with van der Waals surface area (Å²) in [7, 11) is 0. The molecule has 92 valence electrons. The highest BCUT2D eigenvalue weighted by Gasteiger charge is 2.07. The van der Waals surface area contributed by atoms with Gasteiger partial charge in [0.15, 0.2) is 0 Å². The van der Waals surface area contributed by atoms with Crippen molar-refractivity contribution >= 4 is 38.6 Å². The average molecular weight is 346 g/mol. The van der Waals surface area contributed by atoms with Crippen LogP contribution in [0.15, 0.2) is 52.3 Å². The number of rotatable bonds is 2. The molecule has 0 unspecified atom stereocenters. The van der Waals surface area contributed by atoms with Gasteiger partial charge in [0.1, 0.15) is 0 Å². The fourth-order valence-corrected chi connectivity index (χ4v) is 4.27. The number of hydrogen-bond donors (Lipinski definition) is 0. The molecule has 3 aromatic rings. The molecule has 0 saturated heterocycles. The molecule has 0 atom stereocenters. The van der Waals surface area contributed by atoms with Gasteiger partial charge in [0, 0.05) is 14.6 Å². The molecule has 0 aliphatic carbocycles. The molecule has 1 nitrogen and oxygen atoms in total. The first-order chi connectivity index (χ1) is 9.26. The van der Waals surface area contributed by atoms with E-state index >= 15 is 0 Å². The van der Waals surface area contributed by atoms with E-state index in [4.69, 9.17) is 5.26 Å². The molecule has 0 aliphatic rings. The Morgan fingerprint density at radius 2 is 1.42 bits per heavy atom. The number of nitriles is 1. The van der Waals surface area contributed by atoms with E-state index < -0.39 is 0 Å². The van der Waals surface area contributed by atoms with Gasteiger partial charge >= 0.3 is 0 Å². The minimum Gasteiger partial charge on any atom is -0.192 e. The van der Waals surface area contributed by atoms with E-state index in [-0.39, 0.29) is 0 Å². The second-order valence-corrected chi connectivity index (χ2v) is 7.50. The molecule has 0 N–H and O–H groups in total. The second kappa shape index (κ2) is 5.30. The van der Waals surface area contributed by atoms with Gasteiger partial charge in [0.05, 0.1) is 15.4 Å². The maximum Gasteiger partial charge on any atom is 0.0991 e. The first-order valence-electron chi connectivity index (χ1n) is 5.62. The van der Waals surface area contributed by atoms with E-state index in [1.807, 2.05) is 24.3 Å². The van der Waals surface area contributed by atoms with Crippen molar-refractivity contribution in [1.29, 1.82) is 5.26 Å². The van der Waals surface area contributed by atoms with Crippen LogP contribution in [0.1, 0.15) is 5.56 Å². The minimum atomic E-state index is 0.697. The summed E-state index contributed by atoms with van der Waals surface area (Å²) in [6.07, 6.45) is 0. The molecule has 0 fully saturated rings. The number of hydrogen-bond acceptors (Lipinski definition) is 3. The summed E-state index contributed by atoms with van der Waals surface area (Å²) >= 11 is 7.00. The minimum absolute atomic E-state index is 0.697. The van der Waals surface area contributed by atoms with Crippen LogP contribution in [0.3, 0.4) is 0 Å². The van der Waals surface area contributed by atoms with Gasteiger partial charge in [0.25, 0.3) is 0 Å². The molecular formula is C15H8BrNS2. The quantitative estimate of drug-likeness (QED) is 0.577. The first kappa shape index (κ1) is 12.6. The predicted molar refractivity (Wildman–Crippen MR) is 85.5 cm³/mol. The number of benzene rings is 1. The standard InChI is InChI=1S/C15H8BrNS2/c16-15-8-7-14(19-15)13-6-5-12(18-13)11-3-1-10(9-17)2-4-11/h1-8H. The number of nitrogens with zero attached hydrogens (tertiary/aromatic N) is 1. The maximum atomic E-state index is 8.80. The van der Waals surface area contributed by atoms with E-state index in [9.17, 15) is 0 Å². The van der Waals surface area contributed by atoms with Gasteiger partial charge in [-0.3, -0.25) is 0 Å². The van der Waals surface area contributed by atoms with Crippen LogP contribution in [0.2, 0.25) is 0 Å². The summed E-state index contributed by atoms with van der Waals surface area (Å²) in [5, 5.41) is 8.80. The van der Waals surface area contributed by atoms with Crippen molar-refractivity contribution in [2.24, 2.45) is 0 Å². The molecule has 19 heavy (non-hydrogen) atoms. The molecule has 0 bridgehead atoms. The van der Waals surface area contributed by atoms with Gasteiger partial charge in [-0.15, -0.1) is 22.7 Å². The van der Waals surface area contributed by atoms with Gasteiger partial charge < -0.3 is 0 Å². The summed E-state index contributed by atoms with van der Waals surface area (Å²) in [6.45, 7) is 0. The molecule has 4 heteroatoms. The zero-order valence-electron chi connectivity index (χ0n) is 9.76. The van der Waals surface area contributed by atoms with Crippen molar-refractivity contribution in [2.45, 2.75) is 0 Å². The predicted octanol–water partition coefficient (Wildman–Crippen LogP) is 5.78. The van der Waals surface area contributed by atoms with Crippen molar-refractivity contribution in [3.8, 4) is 26.3 Å². The molecule has 0 aliphatic heterocycles. The van der Waals surface area contributed by atoms with Crippen LogP contribution in [0.5, 0.6) is 0 Å². The lowest BCUT2D eigenvalue weighted by Crippen LogP contribution is -1.74. The smallest absolute Gasteiger partial charge is 0.0991 e.